The summed E-state index contributed by atoms with van der Waals surface area (Å²) in [4.78, 5) is 28.0. The number of carbonyl (C=O) groups is 2. The molecule has 170 valence electrons. The topological polar surface area (TPSA) is 99.3 Å². The number of nitrogens with two attached hydrogens (primary N) is 1. The number of carbonyl (C=O) groups excluding carboxylic acids is 2. The highest BCUT2D eigenvalue weighted by atomic mass is 16.2. The number of nitrogens with zero attached hydrogens (tertiary/aromatic N) is 1. The van der Waals surface area contributed by atoms with Crippen LogP contribution in [0.1, 0.15) is 65.8 Å². The molecule has 0 aromatic heterocycles. The second-order valence-electron chi connectivity index (χ2n) is 8.49. The van der Waals surface area contributed by atoms with Crippen molar-refractivity contribution in [3.8, 4) is 11.1 Å². The van der Waals surface area contributed by atoms with Gasteiger partial charge in [0.2, 0.25) is 0 Å². The number of amides is 2. The van der Waals surface area contributed by atoms with Crippen molar-refractivity contribution in [3.63, 3.8) is 0 Å². The molecule has 0 saturated carbocycles. The van der Waals surface area contributed by atoms with Crippen LogP contribution in [0, 0.1) is 5.41 Å². The Morgan fingerprint density at radius 2 is 1.61 bits per heavy atom. The Morgan fingerprint density at radius 1 is 0.909 bits per heavy atom. The van der Waals surface area contributed by atoms with Gasteiger partial charge in [0.15, 0.2) is 0 Å². The number of amidine groups is 1. The molecule has 4 rings (SSSR count). The van der Waals surface area contributed by atoms with Crippen molar-refractivity contribution in [1.29, 1.82) is 5.41 Å². The summed E-state index contributed by atoms with van der Waals surface area (Å²) >= 11 is 0. The summed E-state index contributed by atoms with van der Waals surface area (Å²) in [6.07, 6.45) is 3.79. The Hall–Kier alpha value is -3.67. The van der Waals surface area contributed by atoms with Crippen LogP contribution in [0.25, 0.3) is 21.9 Å². The highest BCUT2D eigenvalue weighted by Gasteiger charge is 2.33. The molecular formula is C27H30N4O2. The first-order chi connectivity index (χ1) is 16.0. The van der Waals surface area contributed by atoms with Crippen molar-refractivity contribution in [1.82, 2.24) is 4.90 Å². The normalized spacial score (nSPS) is 13.0. The van der Waals surface area contributed by atoms with Crippen molar-refractivity contribution < 1.29 is 9.59 Å². The third-order valence-corrected chi connectivity index (χ3v) is 6.18. The van der Waals surface area contributed by atoms with E-state index in [1.807, 2.05) is 55.5 Å². The van der Waals surface area contributed by atoms with Gasteiger partial charge >= 0.3 is 0 Å². The van der Waals surface area contributed by atoms with E-state index in [0.717, 1.165) is 59.8 Å². The Morgan fingerprint density at radius 3 is 2.27 bits per heavy atom. The van der Waals surface area contributed by atoms with Crippen molar-refractivity contribution >= 4 is 34.1 Å². The first-order valence-electron chi connectivity index (χ1n) is 11.6. The van der Waals surface area contributed by atoms with E-state index in [4.69, 9.17) is 11.1 Å². The lowest BCUT2D eigenvalue weighted by Crippen LogP contribution is -2.40. The lowest BCUT2D eigenvalue weighted by atomic mass is 9.89. The Bertz CT molecular complexity index is 1230. The SMILES string of the molecule is CCCCNc1ccc2c3c(cc(-c4ccc(C(=N)N)cc4)cc13)C(=O)N(CCCC)C2=O. The molecule has 0 unspecified atom stereocenters. The average Bonchev–Trinajstić information content (AvgIpc) is 2.83. The van der Waals surface area contributed by atoms with Gasteiger partial charge in [-0.05, 0) is 48.2 Å². The quantitative estimate of drug-likeness (QED) is 0.179. The van der Waals surface area contributed by atoms with Gasteiger partial charge in [0.1, 0.15) is 5.84 Å². The van der Waals surface area contributed by atoms with E-state index < -0.39 is 0 Å². The van der Waals surface area contributed by atoms with Gasteiger partial charge < -0.3 is 11.1 Å². The van der Waals surface area contributed by atoms with E-state index in [1.165, 1.54) is 4.90 Å². The van der Waals surface area contributed by atoms with Crippen molar-refractivity contribution in [2.75, 3.05) is 18.4 Å². The van der Waals surface area contributed by atoms with E-state index in [0.29, 0.717) is 23.2 Å². The van der Waals surface area contributed by atoms with Gasteiger partial charge in [0, 0.05) is 46.2 Å². The first kappa shape index (κ1) is 22.5. The molecule has 0 radical (unpaired) electrons. The fourth-order valence-electron chi connectivity index (χ4n) is 4.30. The second-order valence-corrected chi connectivity index (χ2v) is 8.49. The predicted octanol–water partition coefficient (Wildman–Crippen LogP) is 5.40. The molecule has 0 atom stereocenters. The van der Waals surface area contributed by atoms with Crippen molar-refractivity contribution in [3.05, 3.63) is 65.2 Å². The third-order valence-electron chi connectivity index (χ3n) is 6.18. The highest BCUT2D eigenvalue weighted by molar-refractivity contribution is 6.27. The fraction of sp³-hybridized carbons (Fsp3) is 0.296. The smallest absolute Gasteiger partial charge is 0.261 e. The van der Waals surface area contributed by atoms with Gasteiger partial charge in [0.25, 0.3) is 11.8 Å². The maximum absolute atomic E-state index is 13.5. The van der Waals surface area contributed by atoms with Crippen LogP contribution in [0.2, 0.25) is 0 Å². The maximum atomic E-state index is 13.5. The van der Waals surface area contributed by atoms with Gasteiger partial charge in [-0.25, -0.2) is 0 Å². The van der Waals surface area contributed by atoms with Crippen LogP contribution in [-0.2, 0) is 0 Å². The molecular weight excluding hydrogens is 412 g/mol. The van der Waals surface area contributed by atoms with E-state index in [-0.39, 0.29) is 17.6 Å². The lowest BCUT2D eigenvalue weighted by Gasteiger charge is -2.28. The number of anilines is 1. The number of hydrogen-bond acceptors (Lipinski definition) is 4. The fourth-order valence-corrected chi connectivity index (χ4v) is 4.30. The molecule has 2 amide bonds. The van der Waals surface area contributed by atoms with Gasteiger partial charge in [-0.3, -0.25) is 19.9 Å². The Labute approximate surface area is 194 Å². The summed E-state index contributed by atoms with van der Waals surface area (Å²) in [5.74, 6) is -0.439. The lowest BCUT2D eigenvalue weighted by molar-refractivity contribution is 0.0608. The van der Waals surface area contributed by atoms with Crippen molar-refractivity contribution in [2.24, 2.45) is 5.73 Å². The minimum absolute atomic E-state index is 0.0162. The van der Waals surface area contributed by atoms with Crippen LogP contribution in [-0.4, -0.2) is 35.6 Å². The molecule has 4 N–H and O–H groups in total. The van der Waals surface area contributed by atoms with Gasteiger partial charge in [-0.2, -0.15) is 0 Å². The summed E-state index contributed by atoms with van der Waals surface area (Å²) in [7, 11) is 0. The Balaban J connectivity index is 1.90. The number of nitrogens with one attached hydrogen (secondary N) is 2. The molecule has 0 aliphatic carbocycles. The van der Waals surface area contributed by atoms with Crippen LogP contribution in [0.5, 0.6) is 0 Å². The third kappa shape index (κ3) is 4.21. The van der Waals surface area contributed by atoms with E-state index >= 15 is 0 Å². The highest BCUT2D eigenvalue weighted by Crippen LogP contribution is 2.38. The minimum Gasteiger partial charge on any atom is -0.385 e. The first-order valence-corrected chi connectivity index (χ1v) is 11.6. The number of nitrogen functional groups attached to an aromatic ring is 1. The van der Waals surface area contributed by atoms with Crippen LogP contribution in [0.15, 0.2) is 48.5 Å². The van der Waals surface area contributed by atoms with Gasteiger partial charge in [-0.1, -0.05) is 51.0 Å². The molecule has 1 heterocycles. The molecule has 1 aliphatic heterocycles. The van der Waals surface area contributed by atoms with E-state index in [9.17, 15) is 9.59 Å². The summed E-state index contributed by atoms with van der Waals surface area (Å²) in [6.45, 7) is 5.43. The van der Waals surface area contributed by atoms with Crippen LogP contribution in [0.4, 0.5) is 5.69 Å². The number of imide groups is 1. The molecule has 6 heteroatoms. The monoisotopic (exact) mass is 442 g/mol. The molecule has 3 aromatic rings. The molecule has 6 nitrogen and oxygen atoms in total. The number of rotatable bonds is 9. The summed E-state index contributed by atoms with van der Waals surface area (Å²) in [5, 5.41) is 12.7. The summed E-state index contributed by atoms with van der Waals surface area (Å²) in [6, 6.07) is 15.2. The minimum atomic E-state index is -0.237. The second kappa shape index (κ2) is 9.45. The molecule has 3 aromatic carbocycles. The molecule has 0 fully saturated rings. The van der Waals surface area contributed by atoms with Gasteiger partial charge in [-0.15, -0.1) is 0 Å². The van der Waals surface area contributed by atoms with E-state index in [1.54, 1.807) is 0 Å². The zero-order valence-electron chi connectivity index (χ0n) is 19.2. The zero-order valence-corrected chi connectivity index (χ0v) is 19.2. The van der Waals surface area contributed by atoms with E-state index in [2.05, 4.69) is 12.2 Å². The van der Waals surface area contributed by atoms with Gasteiger partial charge in [0.05, 0.1) is 0 Å². The predicted molar refractivity (Wildman–Crippen MR) is 134 cm³/mol. The molecule has 0 saturated heterocycles. The zero-order chi connectivity index (χ0) is 23.5. The molecule has 0 spiro atoms. The number of benzene rings is 3. The average molecular weight is 443 g/mol. The molecule has 0 bridgehead atoms. The number of unbranched alkanes of at least 4 members (excludes halogenated alkanes) is 2. The van der Waals surface area contributed by atoms with Crippen LogP contribution >= 0.6 is 0 Å². The molecule has 33 heavy (non-hydrogen) atoms. The number of hydrogen-bond donors (Lipinski definition) is 3. The summed E-state index contributed by atoms with van der Waals surface area (Å²) in [5.41, 5.74) is 10.1. The Kier molecular flexibility index (Phi) is 6.45. The molecule has 1 aliphatic rings. The van der Waals surface area contributed by atoms with Crippen molar-refractivity contribution in [2.45, 2.75) is 39.5 Å². The van der Waals surface area contributed by atoms with Crippen LogP contribution in [0.3, 0.4) is 0 Å². The maximum Gasteiger partial charge on any atom is 0.261 e. The largest absolute Gasteiger partial charge is 0.385 e. The summed E-state index contributed by atoms with van der Waals surface area (Å²) < 4.78 is 0. The van der Waals surface area contributed by atoms with Crippen LogP contribution < -0.4 is 11.1 Å². The standard InChI is InChI=1S/C27H30N4O2/c1-3-5-13-30-23-12-11-20-24-21(23)15-19(17-7-9-18(10-8-17)25(28)29)16-22(24)27(33)31(26(20)32)14-6-4-2/h7-12,15-16,30H,3-6,13-14H2,1-2H3,(H3,28,29).